The fourth-order valence-electron chi connectivity index (χ4n) is 4.83. The number of rotatable bonds is 9. The molecule has 39 heavy (non-hydrogen) atoms. The van der Waals surface area contributed by atoms with Crippen molar-refractivity contribution >= 4 is 23.7 Å². The molecule has 0 aliphatic carbocycles. The Morgan fingerprint density at radius 2 is 1.92 bits per heavy atom. The predicted molar refractivity (Wildman–Crippen MR) is 159 cm³/mol. The number of aldehydes is 1. The van der Waals surface area contributed by atoms with Gasteiger partial charge in [0.25, 0.3) is 0 Å². The number of amides is 1. The van der Waals surface area contributed by atoms with E-state index in [1.165, 1.54) is 0 Å². The molecule has 1 aromatic rings. The molecule has 1 saturated heterocycles. The van der Waals surface area contributed by atoms with Gasteiger partial charge in [-0.3, -0.25) is 4.79 Å². The van der Waals surface area contributed by atoms with Crippen LogP contribution in [0.1, 0.15) is 59.4 Å². The molecule has 0 unspecified atom stereocenters. The lowest BCUT2D eigenvalue weighted by molar-refractivity contribution is -0.128. The van der Waals surface area contributed by atoms with E-state index in [0.29, 0.717) is 26.1 Å². The Balaban J connectivity index is 1.79. The first kappa shape index (κ1) is 29.7. The van der Waals surface area contributed by atoms with Crippen molar-refractivity contribution in [1.29, 1.82) is 0 Å². The van der Waals surface area contributed by atoms with Crippen LogP contribution in [0, 0.1) is 0 Å². The van der Waals surface area contributed by atoms with Gasteiger partial charge in [0.05, 0.1) is 12.2 Å². The number of carbonyl (C=O) groups is 2. The van der Waals surface area contributed by atoms with Crippen LogP contribution in [-0.4, -0.2) is 54.1 Å². The molecule has 1 aromatic carbocycles. The van der Waals surface area contributed by atoms with Crippen molar-refractivity contribution in [1.82, 2.24) is 9.80 Å². The lowest BCUT2D eigenvalue weighted by Crippen LogP contribution is -2.38. The summed E-state index contributed by atoms with van der Waals surface area (Å²) in [6.07, 6.45) is 10.5. The molecule has 0 spiro atoms. The van der Waals surface area contributed by atoms with Crippen LogP contribution in [0.2, 0.25) is 0 Å². The summed E-state index contributed by atoms with van der Waals surface area (Å²) in [6, 6.07) is 7.78. The summed E-state index contributed by atoms with van der Waals surface area (Å²) < 4.78 is 5.85. The van der Waals surface area contributed by atoms with Crippen LogP contribution in [0.5, 0.6) is 0 Å². The fourth-order valence-corrected chi connectivity index (χ4v) is 4.83. The smallest absolute Gasteiger partial charge is 0.224 e. The van der Waals surface area contributed by atoms with E-state index in [-0.39, 0.29) is 5.91 Å². The van der Waals surface area contributed by atoms with Gasteiger partial charge in [-0.15, -0.1) is 0 Å². The zero-order chi connectivity index (χ0) is 28.4. The molecule has 0 radical (unpaired) electrons. The van der Waals surface area contributed by atoms with Gasteiger partial charge < -0.3 is 24.6 Å². The molecule has 0 bridgehead atoms. The number of piperidine rings is 1. The maximum absolute atomic E-state index is 12.4. The molecule has 7 heteroatoms. The Labute approximate surface area is 233 Å². The molecule has 0 atom stereocenters. The largest absolute Gasteiger partial charge is 0.494 e. The quantitative estimate of drug-likeness (QED) is 0.180. The molecular formula is C32H42N4O3. The molecule has 208 valence electrons. The van der Waals surface area contributed by atoms with Crippen LogP contribution in [0.25, 0.3) is 0 Å². The van der Waals surface area contributed by atoms with Crippen molar-refractivity contribution in [3.63, 3.8) is 0 Å². The van der Waals surface area contributed by atoms with Crippen molar-refractivity contribution in [2.75, 3.05) is 31.6 Å². The summed E-state index contributed by atoms with van der Waals surface area (Å²) in [4.78, 5) is 31.9. The Bertz CT molecular complexity index is 1220. The number of nitrogens with one attached hydrogen (secondary N) is 1. The highest BCUT2D eigenvalue weighted by Crippen LogP contribution is 2.31. The average Bonchev–Trinajstić information content (AvgIpc) is 2.91. The van der Waals surface area contributed by atoms with Crippen LogP contribution in [0.15, 0.2) is 88.1 Å². The molecule has 2 aliphatic heterocycles. The molecule has 3 rings (SSSR count). The summed E-state index contributed by atoms with van der Waals surface area (Å²) in [5.41, 5.74) is 7.06. The van der Waals surface area contributed by atoms with E-state index in [1.807, 2.05) is 49.2 Å². The van der Waals surface area contributed by atoms with E-state index >= 15 is 0 Å². The molecule has 1 N–H and O–H groups in total. The van der Waals surface area contributed by atoms with Gasteiger partial charge in [-0.05, 0) is 74.1 Å². The van der Waals surface area contributed by atoms with Gasteiger partial charge in [0.1, 0.15) is 24.5 Å². The summed E-state index contributed by atoms with van der Waals surface area (Å²) in [6.45, 7) is 16.7. The zero-order valence-electron chi connectivity index (χ0n) is 24.0. The first-order valence-corrected chi connectivity index (χ1v) is 13.7. The van der Waals surface area contributed by atoms with Gasteiger partial charge in [-0.25, -0.2) is 4.99 Å². The second kappa shape index (κ2) is 14.3. The Morgan fingerprint density at radius 1 is 1.18 bits per heavy atom. The zero-order valence-corrected chi connectivity index (χ0v) is 24.0. The highest BCUT2D eigenvalue weighted by molar-refractivity contribution is 5.93. The number of hydrogen-bond donors (Lipinski definition) is 1. The minimum atomic E-state index is 0.0240. The number of aliphatic imine (C=N–C) groups is 1. The predicted octanol–water partition coefficient (Wildman–Crippen LogP) is 6.14. The Hall–Kier alpha value is -3.87. The standard InChI is InChI=1S/C32H42N4O3/c1-7-8-9-10-31(24(3)32-25(4)39-20-18-36(32)27(6)38)35-17-15-29(23(2)22-35)21-33-26(5)34-30-13-11-28(12-14-30)16-19-37/h9-14,19,21H,2,7-8,15-18,20,22H2,1,3-6H3,(H,33,34)/b10-9+,29-21-,31-24+. The second-order valence-corrected chi connectivity index (χ2v) is 9.96. The third-order valence-corrected chi connectivity index (χ3v) is 6.93. The molecule has 1 amide bonds. The van der Waals surface area contributed by atoms with E-state index in [2.05, 4.69) is 47.8 Å². The number of anilines is 1. The van der Waals surface area contributed by atoms with Gasteiger partial charge >= 0.3 is 0 Å². The fraction of sp³-hybridized carbons (Fsp3) is 0.406. The maximum Gasteiger partial charge on any atom is 0.224 e. The topological polar surface area (TPSA) is 74.2 Å². The van der Waals surface area contributed by atoms with Gasteiger partial charge in [-0.2, -0.15) is 0 Å². The summed E-state index contributed by atoms with van der Waals surface area (Å²) in [7, 11) is 0. The van der Waals surface area contributed by atoms with Gasteiger partial charge in [0.15, 0.2) is 0 Å². The van der Waals surface area contributed by atoms with E-state index in [0.717, 1.165) is 83.1 Å². The Kier molecular flexibility index (Phi) is 10.9. The lowest BCUT2D eigenvalue weighted by Gasteiger charge is -2.36. The van der Waals surface area contributed by atoms with Crippen molar-refractivity contribution in [2.45, 2.75) is 60.3 Å². The summed E-state index contributed by atoms with van der Waals surface area (Å²) >= 11 is 0. The van der Waals surface area contributed by atoms with E-state index in [4.69, 9.17) is 4.74 Å². The first-order valence-electron chi connectivity index (χ1n) is 13.7. The van der Waals surface area contributed by atoms with Crippen LogP contribution in [0.4, 0.5) is 5.69 Å². The normalized spacial score (nSPS) is 18.4. The molecule has 0 aromatic heterocycles. The number of benzene rings is 1. The van der Waals surface area contributed by atoms with Gasteiger partial charge in [0.2, 0.25) is 5.91 Å². The van der Waals surface area contributed by atoms with Crippen molar-refractivity contribution in [3.8, 4) is 0 Å². The molecule has 0 saturated carbocycles. The van der Waals surface area contributed by atoms with Crippen LogP contribution in [-0.2, 0) is 20.7 Å². The monoisotopic (exact) mass is 530 g/mol. The van der Waals surface area contributed by atoms with Crippen molar-refractivity contribution in [2.24, 2.45) is 4.99 Å². The SMILES string of the molecule is C=C1CN(C(/C=C/CCC)=C(\C)C2=C(C)OCCN2C(C)=O)CC/C1=C/N=C(C)Nc1ccc(CC=O)cc1. The summed E-state index contributed by atoms with van der Waals surface area (Å²) in [5.74, 6) is 1.59. The second-order valence-electron chi connectivity index (χ2n) is 9.96. The third kappa shape index (κ3) is 8.06. The van der Waals surface area contributed by atoms with Crippen LogP contribution in [0.3, 0.4) is 0 Å². The minimum absolute atomic E-state index is 0.0240. The molecule has 1 fully saturated rings. The Morgan fingerprint density at radius 3 is 2.56 bits per heavy atom. The molecule has 2 heterocycles. The van der Waals surface area contributed by atoms with E-state index < -0.39 is 0 Å². The number of hydrogen-bond acceptors (Lipinski definition) is 5. The van der Waals surface area contributed by atoms with Gasteiger partial charge in [-0.1, -0.05) is 38.1 Å². The summed E-state index contributed by atoms with van der Waals surface area (Å²) in [5, 5.41) is 3.30. The molecule has 2 aliphatic rings. The van der Waals surface area contributed by atoms with Gasteiger partial charge in [0, 0.05) is 44.0 Å². The molecule has 7 nitrogen and oxygen atoms in total. The van der Waals surface area contributed by atoms with Crippen LogP contribution >= 0.6 is 0 Å². The first-order chi connectivity index (χ1) is 18.7. The number of unbranched alkanes of at least 4 members (excludes halogenated alkanes) is 1. The number of amidine groups is 1. The number of likely N-dealkylation sites (tertiary alicyclic amines) is 1. The van der Waals surface area contributed by atoms with Crippen molar-refractivity contribution < 1.29 is 14.3 Å². The van der Waals surface area contributed by atoms with Crippen molar-refractivity contribution in [3.05, 3.63) is 88.6 Å². The van der Waals surface area contributed by atoms with E-state index in [1.54, 1.807) is 6.92 Å². The molecular weight excluding hydrogens is 488 g/mol. The highest BCUT2D eigenvalue weighted by Gasteiger charge is 2.27. The average molecular weight is 531 g/mol. The lowest BCUT2D eigenvalue weighted by atomic mass is 9.97. The number of ether oxygens (including phenoxy) is 1. The number of carbonyl (C=O) groups excluding carboxylic acids is 2. The third-order valence-electron chi connectivity index (χ3n) is 6.93. The van der Waals surface area contributed by atoms with Crippen LogP contribution < -0.4 is 5.32 Å². The number of allylic oxidation sites excluding steroid dienone is 4. The van der Waals surface area contributed by atoms with E-state index in [9.17, 15) is 9.59 Å². The minimum Gasteiger partial charge on any atom is -0.494 e. The number of nitrogens with zero attached hydrogens (tertiary/aromatic N) is 3. The maximum atomic E-state index is 12.4. The highest BCUT2D eigenvalue weighted by atomic mass is 16.5.